The first-order valence-electron chi connectivity index (χ1n) is 8.10. The molecule has 0 radical (unpaired) electrons. The maximum atomic E-state index is 12.3. The van der Waals surface area contributed by atoms with Gasteiger partial charge in [-0.2, -0.15) is 0 Å². The second-order valence-corrected chi connectivity index (χ2v) is 6.84. The van der Waals surface area contributed by atoms with Crippen molar-refractivity contribution in [2.45, 2.75) is 17.9 Å². The van der Waals surface area contributed by atoms with Gasteiger partial charge in [0.15, 0.2) is 6.10 Å². The molecule has 1 N–H and O–H groups in total. The average molecular weight is 406 g/mol. The summed E-state index contributed by atoms with van der Waals surface area (Å²) in [4.78, 5) is 25.3. The lowest BCUT2D eigenvalue weighted by atomic mass is 10.2. The largest absolute Gasteiger partial charge is 0.495 e. The zero-order valence-electron chi connectivity index (χ0n) is 15.2. The first kappa shape index (κ1) is 20.9. The van der Waals surface area contributed by atoms with Gasteiger partial charge >= 0.3 is 5.97 Å². The minimum atomic E-state index is -0.982. The number of nitrogens with one attached hydrogen (secondary N) is 1. The molecule has 0 heterocycles. The summed E-state index contributed by atoms with van der Waals surface area (Å²) in [5.74, 6) is -0.633. The van der Waals surface area contributed by atoms with Gasteiger partial charge in [-0.05, 0) is 55.2 Å². The molecule has 2 rings (SSSR count). The van der Waals surface area contributed by atoms with Gasteiger partial charge in [0.05, 0.1) is 12.8 Å². The van der Waals surface area contributed by atoms with Crippen LogP contribution in [0.3, 0.4) is 0 Å². The number of esters is 1. The molecule has 2 aromatic rings. The Kier molecular flexibility index (Phi) is 7.76. The normalized spacial score (nSPS) is 11.9. The van der Waals surface area contributed by atoms with E-state index < -0.39 is 18.0 Å². The van der Waals surface area contributed by atoms with Gasteiger partial charge in [-0.25, -0.2) is 4.79 Å². The lowest BCUT2D eigenvalue weighted by Crippen LogP contribution is -2.29. The molecule has 7 heteroatoms. The van der Waals surface area contributed by atoms with E-state index in [1.807, 2.05) is 30.5 Å². The zero-order chi connectivity index (χ0) is 19.8. The summed E-state index contributed by atoms with van der Waals surface area (Å²) in [7, 11) is 1.48. The van der Waals surface area contributed by atoms with Crippen LogP contribution in [0, 0.1) is 0 Å². The molecule has 0 spiro atoms. The highest BCUT2D eigenvalue weighted by Gasteiger charge is 2.18. The number of amides is 1. The van der Waals surface area contributed by atoms with Gasteiger partial charge in [-0.15, -0.1) is 11.8 Å². The van der Waals surface area contributed by atoms with Crippen molar-refractivity contribution in [2.75, 3.05) is 18.7 Å². The molecule has 0 bridgehead atoms. The molecule has 0 aliphatic heterocycles. The van der Waals surface area contributed by atoms with Gasteiger partial charge in [0.25, 0.3) is 5.91 Å². The Labute approximate surface area is 167 Å². The molecule has 0 saturated carbocycles. The first-order chi connectivity index (χ1) is 12.9. The SMILES string of the molecule is COc1ccc(Cl)cc1NC(=O)[C@H](C)OC(=O)/C=C/c1ccc(SC)cc1. The predicted octanol–water partition coefficient (Wildman–Crippen LogP) is 4.65. The van der Waals surface area contributed by atoms with Crippen molar-refractivity contribution < 1.29 is 19.1 Å². The molecule has 2 aromatic carbocycles. The van der Waals surface area contributed by atoms with Crippen molar-refractivity contribution in [3.63, 3.8) is 0 Å². The van der Waals surface area contributed by atoms with E-state index in [-0.39, 0.29) is 0 Å². The van der Waals surface area contributed by atoms with Crippen LogP contribution in [0.25, 0.3) is 6.08 Å². The smallest absolute Gasteiger partial charge is 0.331 e. The van der Waals surface area contributed by atoms with Crippen LogP contribution >= 0.6 is 23.4 Å². The molecular weight excluding hydrogens is 386 g/mol. The number of rotatable bonds is 7. The fourth-order valence-electron chi connectivity index (χ4n) is 2.16. The Bertz CT molecular complexity index is 836. The second kappa shape index (κ2) is 10.0. The molecule has 0 aliphatic rings. The highest BCUT2D eigenvalue weighted by molar-refractivity contribution is 7.98. The van der Waals surface area contributed by atoms with Gasteiger partial charge in [0, 0.05) is 16.0 Å². The standard InChI is InChI=1S/C20H20ClNO4S/c1-13(20(24)22-17-12-15(21)7-10-18(17)25-2)26-19(23)11-6-14-4-8-16(27-3)9-5-14/h4-13H,1-3H3,(H,22,24)/b11-6+/t13-/m0/s1. The zero-order valence-corrected chi connectivity index (χ0v) is 16.8. The molecule has 27 heavy (non-hydrogen) atoms. The van der Waals surface area contributed by atoms with E-state index in [2.05, 4.69) is 5.32 Å². The molecule has 5 nitrogen and oxygen atoms in total. The van der Waals surface area contributed by atoms with Crippen LogP contribution in [-0.4, -0.2) is 31.3 Å². The summed E-state index contributed by atoms with van der Waals surface area (Å²) >= 11 is 7.58. The van der Waals surface area contributed by atoms with Crippen LogP contribution in [0.15, 0.2) is 53.4 Å². The summed E-state index contributed by atoms with van der Waals surface area (Å²) in [6.45, 7) is 1.49. The molecule has 142 valence electrons. The molecular formula is C20H20ClNO4S. The number of hydrogen-bond donors (Lipinski definition) is 1. The topological polar surface area (TPSA) is 64.6 Å². The fourth-order valence-corrected chi connectivity index (χ4v) is 2.74. The van der Waals surface area contributed by atoms with Crippen LogP contribution in [0.5, 0.6) is 5.75 Å². The van der Waals surface area contributed by atoms with Gasteiger partial charge < -0.3 is 14.8 Å². The predicted molar refractivity (Wildman–Crippen MR) is 109 cm³/mol. The van der Waals surface area contributed by atoms with E-state index in [9.17, 15) is 9.59 Å². The van der Waals surface area contributed by atoms with E-state index in [4.69, 9.17) is 21.1 Å². The van der Waals surface area contributed by atoms with E-state index in [0.717, 1.165) is 10.5 Å². The summed E-state index contributed by atoms with van der Waals surface area (Å²) in [6, 6.07) is 12.6. The Balaban J connectivity index is 1.94. The average Bonchev–Trinajstić information content (AvgIpc) is 2.67. The number of benzene rings is 2. The van der Waals surface area contributed by atoms with Crippen molar-refractivity contribution in [3.05, 3.63) is 59.1 Å². The molecule has 0 unspecified atom stereocenters. The van der Waals surface area contributed by atoms with E-state index in [1.165, 1.54) is 20.1 Å². The molecule has 0 aliphatic carbocycles. The quantitative estimate of drug-likeness (QED) is 0.412. The highest BCUT2D eigenvalue weighted by Crippen LogP contribution is 2.27. The van der Waals surface area contributed by atoms with Gasteiger partial charge in [0.2, 0.25) is 0 Å². The maximum Gasteiger partial charge on any atom is 0.331 e. The van der Waals surface area contributed by atoms with Crippen molar-refractivity contribution in [1.82, 2.24) is 0 Å². The highest BCUT2D eigenvalue weighted by atomic mass is 35.5. The Morgan fingerprint density at radius 1 is 1.19 bits per heavy atom. The third-order valence-corrected chi connectivity index (χ3v) is 4.59. The van der Waals surface area contributed by atoms with Crippen LogP contribution in [0.2, 0.25) is 5.02 Å². The van der Waals surface area contributed by atoms with Crippen LogP contribution in [-0.2, 0) is 14.3 Å². The van der Waals surface area contributed by atoms with Crippen molar-refractivity contribution >= 4 is 47.0 Å². The Morgan fingerprint density at radius 2 is 1.89 bits per heavy atom. The Morgan fingerprint density at radius 3 is 2.52 bits per heavy atom. The third kappa shape index (κ3) is 6.34. The lowest BCUT2D eigenvalue weighted by molar-refractivity contribution is -0.148. The van der Waals surface area contributed by atoms with Crippen LogP contribution < -0.4 is 10.1 Å². The van der Waals surface area contributed by atoms with Crippen molar-refractivity contribution in [1.29, 1.82) is 0 Å². The summed E-state index contributed by atoms with van der Waals surface area (Å²) < 4.78 is 10.3. The molecule has 0 aromatic heterocycles. The molecule has 1 atom stereocenters. The Hall–Kier alpha value is -2.44. The monoisotopic (exact) mass is 405 g/mol. The van der Waals surface area contributed by atoms with Crippen LogP contribution in [0.4, 0.5) is 5.69 Å². The van der Waals surface area contributed by atoms with Gasteiger partial charge in [0.1, 0.15) is 5.75 Å². The van der Waals surface area contributed by atoms with Crippen molar-refractivity contribution in [2.24, 2.45) is 0 Å². The minimum absolute atomic E-state index is 0.405. The van der Waals surface area contributed by atoms with Gasteiger partial charge in [-0.1, -0.05) is 23.7 Å². The number of hydrogen-bond acceptors (Lipinski definition) is 5. The van der Waals surface area contributed by atoms with E-state index in [1.54, 1.807) is 36.0 Å². The maximum absolute atomic E-state index is 12.3. The number of carbonyl (C=O) groups is 2. The van der Waals surface area contributed by atoms with E-state index in [0.29, 0.717) is 16.5 Å². The first-order valence-corrected chi connectivity index (χ1v) is 9.70. The van der Waals surface area contributed by atoms with E-state index >= 15 is 0 Å². The number of methoxy groups -OCH3 is 1. The molecule has 0 fully saturated rings. The number of carbonyl (C=O) groups excluding carboxylic acids is 2. The van der Waals surface area contributed by atoms with Gasteiger partial charge in [-0.3, -0.25) is 4.79 Å². The second-order valence-electron chi connectivity index (χ2n) is 5.52. The number of thioether (sulfide) groups is 1. The molecule has 0 saturated heterocycles. The van der Waals surface area contributed by atoms with Crippen molar-refractivity contribution in [3.8, 4) is 5.75 Å². The number of ether oxygens (including phenoxy) is 2. The molecule has 1 amide bonds. The van der Waals surface area contributed by atoms with Crippen LogP contribution in [0.1, 0.15) is 12.5 Å². The summed E-state index contributed by atoms with van der Waals surface area (Å²) in [6.07, 6.45) is 3.94. The summed E-state index contributed by atoms with van der Waals surface area (Å²) in [5.41, 5.74) is 1.27. The summed E-state index contributed by atoms with van der Waals surface area (Å²) in [5, 5.41) is 3.09. The number of halogens is 1. The number of anilines is 1. The fraction of sp³-hybridized carbons (Fsp3) is 0.200. The third-order valence-electron chi connectivity index (χ3n) is 3.61. The lowest BCUT2D eigenvalue weighted by Gasteiger charge is -2.14. The minimum Gasteiger partial charge on any atom is -0.495 e.